The van der Waals surface area contributed by atoms with Crippen LogP contribution < -0.4 is 5.73 Å². The third-order valence-electron chi connectivity index (χ3n) is 3.86. The van der Waals surface area contributed by atoms with Crippen molar-refractivity contribution in [1.29, 1.82) is 0 Å². The lowest BCUT2D eigenvalue weighted by atomic mass is 9.81. The highest BCUT2D eigenvalue weighted by molar-refractivity contribution is 4.93. The van der Waals surface area contributed by atoms with Crippen molar-refractivity contribution < 1.29 is 9.84 Å². The summed E-state index contributed by atoms with van der Waals surface area (Å²) in [4.78, 5) is 0. The van der Waals surface area contributed by atoms with E-state index in [-0.39, 0.29) is 18.2 Å². The fraction of sp³-hybridized carbons (Fsp3) is 1.00. The molecule has 2 unspecified atom stereocenters. The van der Waals surface area contributed by atoms with Gasteiger partial charge in [0.25, 0.3) is 0 Å². The third-order valence-corrected chi connectivity index (χ3v) is 3.86. The predicted molar refractivity (Wildman–Crippen MR) is 54.9 cm³/mol. The molecule has 0 aromatic carbocycles. The minimum atomic E-state index is -0.0450. The molecular weight excluding hydrogens is 178 g/mol. The molecule has 2 fully saturated rings. The van der Waals surface area contributed by atoms with E-state index in [1.54, 1.807) is 0 Å². The monoisotopic (exact) mass is 199 g/mol. The summed E-state index contributed by atoms with van der Waals surface area (Å²) in [6, 6.07) is -0.0450. The van der Waals surface area contributed by atoms with Crippen LogP contribution in [0.5, 0.6) is 0 Å². The van der Waals surface area contributed by atoms with Crippen LogP contribution in [0, 0.1) is 5.92 Å². The van der Waals surface area contributed by atoms with E-state index in [0.29, 0.717) is 5.92 Å². The Morgan fingerprint density at radius 3 is 2.79 bits per heavy atom. The molecule has 2 aliphatic rings. The van der Waals surface area contributed by atoms with E-state index in [0.717, 1.165) is 19.4 Å². The lowest BCUT2D eigenvalue weighted by Gasteiger charge is -2.40. The zero-order chi connectivity index (χ0) is 10.0. The standard InChI is InChI=1S/C11H21NO2/c12-10(8-13)9-3-6-14-11(7-9)4-1-2-5-11/h9-10,13H,1-8,12H2. The Hall–Kier alpha value is -0.120. The maximum Gasteiger partial charge on any atom is 0.0685 e. The second-order valence-electron chi connectivity index (χ2n) is 4.84. The van der Waals surface area contributed by atoms with Crippen molar-refractivity contribution >= 4 is 0 Å². The second kappa shape index (κ2) is 4.17. The van der Waals surface area contributed by atoms with Crippen molar-refractivity contribution in [3.05, 3.63) is 0 Å². The van der Waals surface area contributed by atoms with Crippen LogP contribution in [0.4, 0.5) is 0 Å². The van der Waals surface area contributed by atoms with E-state index < -0.39 is 0 Å². The molecule has 1 spiro atoms. The van der Waals surface area contributed by atoms with E-state index in [4.69, 9.17) is 15.6 Å². The molecule has 14 heavy (non-hydrogen) atoms. The summed E-state index contributed by atoms with van der Waals surface area (Å²) in [6.45, 7) is 0.944. The minimum absolute atomic E-state index is 0.0450. The molecule has 2 rings (SSSR count). The van der Waals surface area contributed by atoms with Crippen LogP contribution in [0.25, 0.3) is 0 Å². The SMILES string of the molecule is NC(CO)C1CCOC2(CCCC2)C1. The fourth-order valence-electron chi connectivity index (χ4n) is 2.95. The molecule has 2 atom stereocenters. The van der Waals surface area contributed by atoms with Crippen LogP contribution in [-0.4, -0.2) is 30.0 Å². The number of aliphatic hydroxyl groups is 1. The van der Waals surface area contributed by atoms with Gasteiger partial charge in [-0.25, -0.2) is 0 Å². The molecule has 1 saturated heterocycles. The summed E-state index contributed by atoms with van der Waals surface area (Å²) in [7, 11) is 0. The number of hydrogen-bond donors (Lipinski definition) is 2. The first-order valence-electron chi connectivity index (χ1n) is 5.76. The van der Waals surface area contributed by atoms with Crippen LogP contribution in [0.2, 0.25) is 0 Å². The van der Waals surface area contributed by atoms with Crippen molar-refractivity contribution in [2.75, 3.05) is 13.2 Å². The number of rotatable bonds is 2. The van der Waals surface area contributed by atoms with Gasteiger partial charge in [0.1, 0.15) is 0 Å². The molecule has 82 valence electrons. The molecule has 1 aliphatic carbocycles. The Bertz CT molecular complexity index is 190. The molecule has 3 N–H and O–H groups in total. The Labute approximate surface area is 85.6 Å². The van der Waals surface area contributed by atoms with Crippen molar-refractivity contribution in [3.8, 4) is 0 Å². The molecule has 1 aliphatic heterocycles. The summed E-state index contributed by atoms with van der Waals surface area (Å²) in [6.07, 6.45) is 7.06. The van der Waals surface area contributed by atoms with Gasteiger partial charge in [-0.3, -0.25) is 0 Å². The van der Waals surface area contributed by atoms with Gasteiger partial charge in [0.15, 0.2) is 0 Å². The van der Waals surface area contributed by atoms with Crippen LogP contribution in [-0.2, 0) is 4.74 Å². The molecule has 3 heteroatoms. The van der Waals surface area contributed by atoms with Gasteiger partial charge >= 0.3 is 0 Å². The molecular formula is C11H21NO2. The molecule has 0 amide bonds. The quantitative estimate of drug-likeness (QED) is 0.699. The maximum atomic E-state index is 9.05. The van der Waals surface area contributed by atoms with E-state index in [1.165, 1.54) is 25.7 Å². The van der Waals surface area contributed by atoms with E-state index in [1.807, 2.05) is 0 Å². The van der Waals surface area contributed by atoms with E-state index >= 15 is 0 Å². The predicted octanol–water partition coefficient (Wildman–Crippen LogP) is 1.05. The highest BCUT2D eigenvalue weighted by Crippen LogP contribution is 2.42. The highest BCUT2D eigenvalue weighted by Gasteiger charge is 2.41. The summed E-state index contributed by atoms with van der Waals surface area (Å²) < 4.78 is 5.91. The normalized spacial score (nSPS) is 33.4. The van der Waals surface area contributed by atoms with Gasteiger partial charge < -0.3 is 15.6 Å². The van der Waals surface area contributed by atoms with Crippen LogP contribution >= 0.6 is 0 Å². The third kappa shape index (κ3) is 1.95. The molecule has 1 saturated carbocycles. The van der Waals surface area contributed by atoms with Gasteiger partial charge in [0, 0.05) is 12.6 Å². The molecule has 0 bridgehead atoms. The van der Waals surface area contributed by atoms with Crippen LogP contribution in [0.3, 0.4) is 0 Å². The topological polar surface area (TPSA) is 55.5 Å². The van der Waals surface area contributed by atoms with Gasteiger partial charge in [-0.15, -0.1) is 0 Å². The zero-order valence-corrected chi connectivity index (χ0v) is 8.74. The fourth-order valence-corrected chi connectivity index (χ4v) is 2.95. The molecule has 1 heterocycles. The summed E-state index contributed by atoms with van der Waals surface area (Å²) >= 11 is 0. The first-order chi connectivity index (χ1) is 6.76. The summed E-state index contributed by atoms with van der Waals surface area (Å²) in [5.41, 5.74) is 6.03. The molecule has 0 aromatic rings. The van der Waals surface area contributed by atoms with Gasteiger partial charge in [0.05, 0.1) is 12.2 Å². The minimum Gasteiger partial charge on any atom is -0.395 e. The van der Waals surface area contributed by atoms with Gasteiger partial charge in [-0.1, -0.05) is 12.8 Å². The largest absolute Gasteiger partial charge is 0.395 e. The number of ether oxygens (including phenoxy) is 1. The zero-order valence-electron chi connectivity index (χ0n) is 8.74. The highest BCUT2D eigenvalue weighted by atomic mass is 16.5. The molecule has 0 radical (unpaired) electrons. The lowest BCUT2D eigenvalue weighted by Crippen LogP contribution is -2.45. The summed E-state index contributed by atoms with van der Waals surface area (Å²) in [5, 5.41) is 9.05. The lowest BCUT2D eigenvalue weighted by molar-refractivity contribution is -0.0979. The summed E-state index contributed by atoms with van der Waals surface area (Å²) in [5.74, 6) is 0.465. The van der Waals surface area contributed by atoms with Crippen molar-refractivity contribution in [2.45, 2.75) is 50.2 Å². The van der Waals surface area contributed by atoms with Crippen molar-refractivity contribution in [3.63, 3.8) is 0 Å². The Morgan fingerprint density at radius 2 is 2.14 bits per heavy atom. The number of nitrogens with two attached hydrogens (primary N) is 1. The molecule has 0 aromatic heterocycles. The van der Waals surface area contributed by atoms with Gasteiger partial charge in [-0.05, 0) is 31.6 Å². The Balaban J connectivity index is 1.96. The Morgan fingerprint density at radius 1 is 1.43 bits per heavy atom. The first kappa shape index (κ1) is 10.4. The average molecular weight is 199 g/mol. The van der Waals surface area contributed by atoms with E-state index in [9.17, 15) is 0 Å². The van der Waals surface area contributed by atoms with Crippen molar-refractivity contribution in [2.24, 2.45) is 11.7 Å². The van der Waals surface area contributed by atoms with Gasteiger partial charge in [-0.2, -0.15) is 0 Å². The maximum absolute atomic E-state index is 9.05. The number of hydrogen-bond acceptors (Lipinski definition) is 3. The van der Waals surface area contributed by atoms with Crippen molar-refractivity contribution in [1.82, 2.24) is 0 Å². The first-order valence-corrected chi connectivity index (χ1v) is 5.76. The molecule has 3 nitrogen and oxygen atoms in total. The smallest absolute Gasteiger partial charge is 0.0685 e. The average Bonchev–Trinajstić information content (AvgIpc) is 2.65. The van der Waals surface area contributed by atoms with Crippen LogP contribution in [0.15, 0.2) is 0 Å². The Kier molecular flexibility index (Phi) is 3.10. The van der Waals surface area contributed by atoms with Crippen LogP contribution in [0.1, 0.15) is 38.5 Å². The van der Waals surface area contributed by atoms with Gasteiger partial charge in [0.2, 0.25) is 0 Å². The number of aliphatic hydroxyl groups excluding tert-OH is 1. The second-order valence-corrected chi connectivity index (χ2v) is 4.84. The van der Waals surface area contributed by atoms with E-state index in [2.05, 4.69) is 0 Å².